The van der Waals surface area contributed by atoms with E-state index >= 15 is 0 Å². The van der Waals surface area contributed by atoms with Gasteiger partial charge in [-0.1, -0.05) is 24.3 Å². The van der Waals surface area contributed by atoms with Crippen molar-refractivity contribution < 1.29 is 4.79 Å². The number of hydrogen-bond acceptors (Lipinski definition) is 2. The summed E-state index contributed by atoms with van der Waals surface area (Å²) in [6.07, 6.45) is 1.65. The molecule has 1 aromatic carbocycles. The molecule has 1 N–H and O–H groups in total. The van der Waals surface area contributed by atoms with Crippen LogP contribution in [0.2, 0.25) is 0 Å². The quantitative estimate of drug-likeness (QED) is 0.557. The van der Waals surface area contributed by atoms with Crippen molar-refractivity contribution in [1.82, 2.24) is 10.2 Å². The van der Waals surface area contributed by atoms with Crippen molar-refractivity contribution in [3.8, 4) is 11.3 Å². The Bertz CT molecular complexity index is 499. The molecular formula is C10H6N2O. The predicted octanol–water partition coefficient (Wildman–Crippen LogP) is 1.62. The molecule has 3 rings (SSSR count). The molecular weight excluding hydrogens is 164 g/mol. The van der Waals surface area contributed by atoms with Crippen molar-refractivity contribution in [3.63, 3.8) is 0 Å². The summed E-state index contributed by atoms with van der Waals surface area (Å²) in [4.78, 5) is 11.7. The number of benzene rings is 1. The first kappa shape index (κ1) is 6.60. The van der Waals surface area contributed by atoms with Gasteiger partial charge in [0.25, 0.3) is 0 Å². The lowest BCUT2D eigenvalue weighted by atomic mass is 10.1. The van der Waals surface area contributed by atoms with E-state index in [1.807, 2.05) is 24.3 Å². The zero-order chi connectivity index (χ0) is 8.84. The van der Waals surface area contributed by atoms with E-state index in [0.717, 1.165) is 16.8 Å². The van der Waals surface area contributed by atoms with Gasteiger partial charge in [0.15, 0.2) is 5.78 Å². The molecule has 0 saturated carbocycles. The van der Waals surface area contributed by atoms with Gasteiger partial charge in [-0.2, -0.15) is 5.10 Å². The fraction of sp³-hybridized carbons (Fsp3) is 0. The molecule has 2 aromatic rings. The molecule has 0 spiro atoms. The Kier molecular flexibility index (Phi) is 1.05. The van der Waals surface area contributed by atoms with Gasteiger partial charge in [-0.05, 0) is 0 Å². The van der Waals surface area contributed by atoms with Gasteiger partial charge in [0.2, 0.25) is 0 Å². The van der Waals surface area contributed by atoms with Gasteiger partial charge in [0, 0.05) is 17.3 Å². The maximum atomic E-state index is 11.7. The van der Waals surface area contributed by atoms with Gasteiger partial charge >= 0.3 is 0 Å². The highest BCUT2D eigenvalue weighted by atomic mass is 16.1. The summed E-state index contributed by atoms with van der Waals surface area (Å²) in [5, 5.41) is 6.74. The van der Waals surface area contributed by atoms with Crippen LogP contribution in [0.3, 0.4) is 0 Å². The third-order valence-electron chi connectivity index (χ3n) is 2.31. The zero-order valence-electron chi connectivity index (χ0n) is 6.74. The van der Waals surface area contributed by atoms with E-state index < -0.39 is 0 Å². The molecule has 0 unspecified atom stereocenters. The average molecular weight is 170 g/mol. The summed E-state index contributed by atoms with van der Waals surface area (Å²) in [7, 11) is 0. The smallest absolute Gasteiger partial charge is 0.197 e. The molecule has 0 radical (unpaired) electrons. The SMILES string of the molecule is O=C1c2ccccc2-c2n[nH]cc21. The van der Waals surface area contributed by atoms with Crippen LogP contribution < -0.4 is 0 Å². The number of ketones is 1. The highest BCUT2D eigenvalue weighted by Gasteiger charge is 2.27. The first-order chi connectivity index (χ1) is 6.38. The summed E-state index contributed by atoms with van der Waals surface area (Å²) < 4.78 is 0. The number of carbonyl (C=O) groups excluding carboxylic acids is 1. The van der Waals surface area contributed by atoms with Crippen LogP contribution in [0.15, 0.2) is 30.5 Å². The summed E-state index contributed by atoms with van der Waals surface area (Å²) in [6.45, 7) is 0. The van der Waals surface area contributed by atoms with E-state index in [0.29, 0.717) is 5.56 Å². The van der Waals surface area contributed by atoms with E-state index in [1.165, 1.54) is 0 Å². The number of aromatic amines is 1. The summed E-state index contributed by atoms with van der Waals surface area (Å²) in [6, 6.07) is 7.53. The number of H-pyrrole nitrogens is 1. The second kappa shape index (κ2) is 2.07. The number of carbonyl (C=O) groups is 1. The zero-order valence-corrected chi connectivity index (χ0v) is 6.74. The summed E-state index contributed by atoms with van der Waals surface area (Å²) in [5.41, 5.74) is 3.15. The number of aromatic nitrogens is 2. The van der Waals surface area contributed by atoms with Crippen molar-refractivity contribution in [2.45, 2.75) is 0 Å². The Labute approximate surface area is 74.4 Å². The van der Waals surface area contributed by atoms with E-state index in [1.54, 1.807) is 6.20 Å². The lowest BCUT2D eigenvalue weighted by Gasteiger charge is -1.93. The normalized spacial score (nSPS) is 12.8. The number of rotatable bonds is 0. The van der Waals surface area contributed by atoms with Crippen LogP contribution in [0, 0.1) is 0 Å². The lowest BCUT2D eigenvalue weighted by molar-refractivity contribution is 0.104. The second-order valence-electron chi connectivity index (χ2n) is 3.02. The average Bonchev–Trinajstić information content (AvgIpc) is 2.72. The number of nitrogens with one attached hydrogen (secondary N) is 1. The van der Waals surface area contributed by atoms with Crippen molar-refractivity contribution in [2.24, 2.45) is 0 Å². The minimum atomic E-state index is 0.0688. The number of fused-ring (bicyclic) bond motifs is 3. The molecule has 1 heterocycles. The van der Waals surface area contributed by atoms with Crippen LogP contribution in [-0.2, 0) is 0 Å². The Morgan fingerprint density at radius 1 is 1.08 bits per heavy atom. The van der Waals surface area contributed by atoms with E-state index in [-0.39, 0.29) is 5.78 Å². The molecule has 3 heteroatoms. The lowest BCUT2D eigenvalue weighted by Crippen LogP contribution is -1.93. The Morgan fingerprint density at radius 2 is 1.85 bits per heavy atom. The Morgan fingerprint density at radius 3 is 2.69 bits per heavy atom. The standard InChI is InChI=1S/C10H6N2O/c13-10-7-4-2-1-3-6(7)9-8(10)5-11-12-9/h1-5H,(H,11,12). The molecule has 0 bridgehead atoms. The molecule has 1 aliphatic carbocycles. The van der Waals surface area contributed by atoms with Crippen molar-refractivity contribution in [1.29, 1.82) is 0 Å². The monoisotopic (exact) mass is 170 g/mol. The van der Waals surface area contributed by atoms with Crippen LogP contribution in [0.4, 0.5) is 0 Å². The second-order valence-corrected chi connectivity index (χ2v) is 3.02. The van der Waals surface area contributed by atoms with Crippen LogP contribution in [0.5, 0.6) is 0 Å². The molecule has 13 heavy (non-hydrogen) atoms. The minimum Gasteiger partial charge on any atom is -0.288 e. The van der Waals surface area contributed by atoms with Crippen LogP contribution in [0.25, 0.3) is 11.3 Å². The maximum Gasteiger partial charge on any atom is 0.197 e. The summed E-state index contributed by atoms with van der Waals surface area (Å²) >= 11 is 0. The van der Waals surface area contributed by atoms with Gasteiger partial charge in [0.1, 0.15) is 5.69 Å². The van der Waals surface area contributed by atoms with E-state index in [4.69, 9.17) is 0 Å². The first-order valence-electron chi connectivity index (χ1n) is 4.06. The first-order valence-corrected chi connectivity index (χ1v) is 4.06. The predicted molar refractivity (Wildman–Crippen MR) is 47.5 cm³/mol. The Balaban J connectivity index is 2.43. The van der Waals surface area contributed by atoms with Gasteiger partial charge in [-0.15, -0.1) is 0 Å². The van der Waals surface area contributed by atoms with E-state index in [2.05, 4.69) is 10.2 Å². The van der Waals surface area contributed by atoms with Gasteiger partial charge in [-0.3, -0.25) is 9.89 Å². The molecule has 0 aliphatic heterocycles. The van der Waals surface area contributed by atoms with Crippen molar-refractivity contribution in [2.75, 3.05) is 0 Å². The van der Waals surface area contributed by atoms with Gasteiger partial charge in [0.05, 0.1) is 5.56 Å². The third-order valence-corrected chi connectivity index (χ3v) is 2.31. The minimum absolute atomic E-state index is 0.0688. The number of nitrogens with zero attached hydrogens (tertiary/aromatic N) is 1. The molecule has 0 fully saturated rings. The molecule has 0 atom stereocenters. The maximum absolute atomic E-state index is 11.7. The molecule has 1 aliphatic rings. The Hall–Kier alpha value is -1.90. The van der Waals surface area contributed by atoms with E-state index in [9.17, 15) is 4.79 Å². The molecule has 0 amide bonds. The molecule has 3 nitrogen and oxygen atoms in total. The number of hydrogen-bond donors (Lipinski definition) is 1. The van der Waals surface area contributed by atoms with Gasteiger partial charge in [-0.25, -0.2) is 0 Å². The highest BCUT2D eigenvalue weighted by Crippen LogP contribution is 2.33. The highest BCUT2D eigenvalue weighted by molar-refractivity contribution is 6.20. The topological polar surface area (TPSA) is 45.8 Å². The van der Waals surface area contributed by atoms with Gasteiger partial charge < -0.3 is 0 Å². The molecule has 1 aromatic heterocycles. The van der Waals surface area contributed by atoms with Crippen molar-refractivity contribution >= 4 is 5.78 Å². The molecule has 62 valence electrons. The van der Waals surface area contributed by atoms with Crippen LogP contribution >= 0.6 is 0 Å². The molecule has 0 saturated heterocycles. The fourth-order valence-electron chi connectivity index (χ4n) is 1.70. The van der Waals surface area contributed by atoms with Crippen LogP contribution in [0.1, 0.15) is 15.9 Å². The third kappa shape index (κ3) is 0.685. The largest absolute Gasteiger partial charge is 0.288 e. The fourth-order valence-corrected chi connectivity index (χ4v) is 1.70. The van der Waals surface area contributed by atoms with Crippen LogP contribution in [-0.4, -0.2) is 16.0 Å². The summed E-state index contributed by atoms with van der Waals surface area (Å²) in [5.74, 6) is 0.0688. The van der Waals surface area contributed by atoms with Crippen molar-refractivity contribution in [3.05, 3.63) is 41.6 Å².